The molecule has 110 valence electrons. The third-order valence-corrected chi connectivity index (χ3v) is 4.16. The van der Waals surface area contributed by atoms with Crippen molar-refractivity contribution in [2.75, 3.05) is 59.5 Å². The van der Waals surface area contributed by atoms with Crippen molar-refractivity contribution < 1.29 is 9.53 Å². The molecule has 2 fully saturated rings. The number of methoxy groups -OCH3 is 1. The monoisotopic (exact) mass is 269 g/mol. The molecule has 1 N–H and O–H groups in total. The summed E-state index contributed by atoms with van der Waals surface area (Å²) in [5, 5.41) is 3.33. The molecule has 2 heterocycles. The largest absolute Gasteiger partial charge is 0.383 e. The Morgan fingerprint density at radius 1 is 1.26 bits per heavy atom. The van der Waals surface area contributed by atoms with E-state index in [9.17, 15) is 4.79 Å². The van der Waals surface area contributed by atoms with Gasteiger partial charge < -0.3 is 15.0 Å². The molecule has 5 heteroatoms. The summed E-state index contributed by atoms with van der Waals surface area (Å²) in [5.41, 5.74) is 0. The van der Waals surface area contributed by atoms with Gasteiger partial charge in [-0.2, -0.15) is 0 Å². The molecule has 0 saturated carbocycles. The predicted octanol–water partition coefficient (Wildman–Crippen LogP) is 0.167. The highest BCUT2D eigenvalue weighted by Crippen LogP contribution is 2.15. The first-order chi connectivity index (χ1) is 9.31. The van der Waals surface area contributed by atoms with E-state index in [1.165, 1.54) is 0 Å². The summed E-state index contributed by atoms with van der Waals surface area (Å²) in [4.78, 5) is 16.9. The Bertz CT molecular complexity index is 280. The molecule has 0 aromatic heterocycles. The summed E-state index contributed by atoms with van der Waals surface area (Å²) >= 11 is 0. The smallest absolute Gasteiger partial charge is 0.227 e. The van der Waals surface area contributed by atoms with E-state index >= 15 is 0 Å². The zero-order chi connectivity index (χ0) is 13.5. The fraction of sp³-hybridized carbons (Fsp3) is 0.929. The highest BCUT2D eigenvalue weighted by Gasteiger charge is 2.27. The first kappa shape index (κ1) is 14.8. The molecule has 0 aromatic carbocycles. The van der Waals surface area contributed by atoms with Crippen molar-refractivity contribution in [3.05, 3.63) is 0 Å². The van der Waals surface area contributed by atoms with Gasteiger partial charge in [0.05, 0.1) is 12.5 Å². The van der Waals surface area contributed by atoms with Gasteiger partial charge >= 0.3 is 0 Å². The van der Waals surface area contributed by atoms with Gasteiger partial charge in [0, 0.05) is 39.8 Å². The fourth-order valence-corrected chi connectivity index (χ4v) is 2.96. The van der Waals surface area contributed by atoms with Gasteiger partial charge in [0.1, 0.15) is 0 Å². The van der Waals surface area contributed by atoms with Crippen LogP contribution in [0.25, 0.3) is 0 Å². The van der Waals surface area contributed by atoms with Crippen molar-refractivity contribution >= 4 is 5.91 Å². The Labute approximate surface area is 116 Å². The molecule has 0 aromatic rings. The van der Waals surface area contributed by atoms with Gasteiger partial charge in [-0.05, 0) is 32.4 Å². The minimum atomic E-state index is 0.208. The van der Waals surface area contributed by atoms with Crippen LogP contribution in [0.15, 0.2) is 0 Å². The van der Waals surface area contributed by atoms with E-state index in [1.807, 2.05) is 0 Å². The van der Waals surface area contributed by atoms with Crippen molar-refractivity contribution in [1.29, 1.82) is 0 Å². The van der Waals surface area contributed by atoms with Crippen molar-refractivity contribution in [2.24, 2.45) is 5.92 Å². The molecule has 0 radical (unpaired) electrons. The van der Waals surface area contributed by atoms with E-state index in [4.69, 9.17) is 4.74 Å². The maximum atomic E-state index is 12.5. The van der Waals surface area contributed by atoms with Gasteiger partial charge in [-0.15, -0.1) is 0 Å². The Balaban J connectivity index is 1.79. The van der Waals surface area contributed by atoms with Crippen molar-refractivity contribution in [3.8, 4) is 0 Å². The summed E-state index contributed by atoms with van der Waals surface area (Å²) < 4.78 is 5.12. The van der Waals surface area contributed by atoms with Crippen LogP contribution in [0.1, 0.15) is 19.3 Å². The summed E-state index contributed by atoms with van der Waals surface area (Å²) in [5.74, 6) is 0.570. The first-order valence-electron chi connectivity index (χ1n) is 7.52. The number of rotatable bonds is 4. The molecule has 1 unspecified atom stereocenters. The normalized spacial score (nSPS) is 26.2. The first-order valence-corrected chi connectivity index (χ1v) is 7.52. The number of nitrogens with zero attached hydrogens (tertiary/aromatic N) is 2. The van der Waals surface area contributed by atoms with Gasteiger partial charge in [-0.3, -0.25) is 9.69 Å². The van der Waals surface area contributed by atoms with Crippen LogP contribution in [0, 0.1) is 5.92 Å². The Morgan fingerprint density at radius 3 is 2.89 bits per heavy atom. The topological polar surface area (TPSA) is 44.8 Å². The number of amides is 1. The predicted molar refractivity (Wildman–Crippen MR) is 75.1 cm³/mol. The second-order valence-corrected chi connectivity index (χ2v) is 5.56. The number of carbonyl (C=O) groups excluding carboxylic acids is 1. The average molecular weight is 269 g/mol. The van der Waals surface area contributed by atoms with Crippen LogP contribution in [-0.2, 0) is 9.53 Å². The van der Waals surface area contributed by atoms with Crippen LogP contribution in [0.2, 0.25) is 0 Å². The fourth-order valence-electron chi connectivity index (χ4n) is 2.96. The lowest BCUT2D eigenvalue weighted by Gasteiger charge is -2.29. The zero-order valence-corrected chi connectivity index (χ0v) is 12.1. The molecule has 0 spiro atoms. The van der Waals surface area contributed by atoms with Gasteiger partial charge in [-0.25, -0.2) is 0 Å². The van der Waals surface area contributed by atoms with Crippen LogP contribution >= 0.6 is 0 Å². The van der Waals surface area contributed by atoms with Crippen LogP contribution < -0.4 is 5.32 Å². The standard InChI is InChI=1S/C14H27N3O2/c1-19-11-10-16-6-3-7-17(9-8-16)14(18)13-4-2-5-15-12-13/h13,15H,2-12H2,1H3. The third-order valence-electron chi connectivity index (χ3n) is 4.16. The molecule has 19 heavy (non-hydrogen) atoms. The molecular weight excluding hydrogens is 242 g/mol. The molecule has 1 atom stereocenters. The zero-order valence-electron chi connectivity index (χ0n) is 12.1. The van der Waals surface area contributed by atoms with Crippen LogP contribution in [0.3, 0.4) is 0 Å². The second kappa shape index (κ2) is 7.82. The third kappa shape index (κ3) is 4.44. The van der Waals surface area contributed by atoms with E-state index in [0.717, 1.165) is 71.7 Å². The molecule has 2 saturated heterocycles. The van der Waals surface area contributed by atoms with Crippen LogP contribution in [-0.4, -0.2) is 75.2 Å². The highest BCUT2D eigenvalue weighted by molar-refractivity contribution is 5.79. The molecule has 2 aliphatic heterocycles. The molecule has 0 aliphatic carbocycles. The van der Waals surface area contributed by atoms with Gasteiger partial charge in [-0.1, -0.05) is 0 Å². The summed E-state index contributed by atoms with van der Waals surface area (Å²) in [6.07, 6.45) is 3.26. The van der Waals surface area contributed by atoms with E-state index in [0.29, 0.717) is 5.91 Å². The van der Waals surface area contributed by atoms with Crippen molar-refractivity contribution in [2.45, 2.75) is 19.3 Å². The molecule has 5 nitrogen and oxygen atoms in total. The van der Waals surface area contributed by atoms with Gasteiger partial charge in [0.15, 0.2) is 0 Å². The van der Waals surface area contributed by atoms with Gasteiger partial charge in [0.25, 0.3) is 0 Å². The average Bonchev–Trinajstić information content (AvgIpc) is 2.71. The number of nitrogens with one attached hydrogen (secondary N) is 1. The molecular formula is C14H27N3O2. The van der Waals surface area contributed by atoms with E-state index in [-0.39, 0.29) is 5.92 Å². The Morgan fingerprint density at radius 2 is 2.16 bits per heavy atom. The number of piperidine rings is 1. The van der Waals surface area contributed by atoms with E-state index in [1.54, 1.807) is 7.11 Å². The molecule has 0 bridgehead atoms. The number of ether oxygens (including phenoxy) is 1. The SMILES string of the molecule is COCCN1CCCN(C(=O)C2CCCNC2)CC1. The summed E-state index contributed by atoms with van der Waals surface area (Å²) in [6.45, 7) is 7.53. The lowest BCUT2D eigenvalue weighted by Crippen LogP contribution is -2.44. The molecule has 2 aliphatic rings. The quantitative estimate of drug-likeness (QED) is 0.790. The number of hydrogen-bond donors (Lipinski definition) is 1. The summed E-state index contributed by atoms with van der Waals surface area (Å²) in [7, 11) is 1.74. The summed E-state index contributed by atoms with van der Waals surface area (Å²) in [6, 6.07) is 0. The number of carbonyl (C=O) groups is 1. The van der Waals surface area contributed by atoms with E-state index in [2.05, 4.69) is 15.1 Å². The number of hydrogen-bond acceptors (Lipinski definition) is 4. The maximum absolute atomic E-state index is 12.5. The maximum Gasteiger partial charge on any atom is 0.227 e. The second-order valence-electron chi connectivity index (χ2n) is 5.56. The Hall–Kier alpha value is -0.650. The molecule has 2 rings (SSSR count). The van der Waals surface area contributed by atoms with Crippen LogP contribution in [0.4, 0.5) is 0 Å². The minimum Gasteiger partial charge on any atom is -0.383 e. The van der Waals surface area contributed by atoms with Crippen molar-refractivity contribution in [3.63, 3.8) is 0 Å². The minimum absolute atomic E-state index is 0.208. The molecule has 1 amide bonds. The van der Waals surface area contributed by atoms with Crippen molar-refractivity contribution in [1.82, 2.24) is 15.1 Å². The van der Waals surface area contributed by atoms with E-state index < -0.39 is 0 Å². The van der Waals surface area contributed by atoms with Gasteiger partial charge in [0.2, 0.25) is 5.91 Å². The highest BCUT2D eigenvalue weighted by atomic mass is 16.5. The lowest BCUT2D eigenvalue weighted by atomic mass is 9.98. The Kier molecular flexibility index (Phi) is 6.07. The van der Waals surface area contributed by atoms with Crippen LogP contribution in [0.5, 0.6) is 0 Å². The lowest BCUT2D eigenvalue weighted by molar-refractivity contribution is -0.135.